The molecule has 104 valence electrons. The first-order valence-corrected chi connectivity index (χ1v) is 8.62. The van der Waals surface area contributed by atoms with Crippen LogP contribution in [0.25, 0.3) is 0 Å². The Morgan fingerprint density at radius 3 is 2.85 bits per heavy atom. The highest BCUT2D eigenvalue weighted by Crippen LogP contribution is 2.33. The standard InChI is InChI=1S/C14H12Br2N2OS/c15-11-6-10(20-14(11)16)7-17-9-2-3-12-8(5-9)1-4-13(19)18-12/h2-3,5-6,17H,1,4,7H2,(H,18,19). The third kappa shape index (κ3) is 3.07. The summed E-state index contributed by atoms with van der Waals surface area (Å²) >= 11 is 8.71. The van der Waals surface area contributed by atoms with Gasteiger partial charge in [0.05, 0.1) is 3.79 Å². The van der Waals surface area contributed by atoms with Crippen molar-refractivity contribution in [1.29, 1.82) is 0 Å². The maximum atomic E-state index is 11.3. The van der Waals surface area contributed by atoms with Crippen LogP contribution in [0.5, 0.6) is 0 Å². The van der Waals surface area contributed by atoms with Gasteiger partial charge in [-0.25, -0.2) is 0 Å². The maximum Gasteiger partial charge on any atom is 0.224 e. The van der Waals surface area contributed by atoms with E-state index in [1.165, 1.54) is 10.4 Å². The molecule has 0 saturated heterocycles. The molecule has 0 radical (unpaired) electrons. The number of hydrogen-bond acceptors (Lipinski definition) is 3. The SMILES string of the molecule is O=C1CCc2cc(NCc3cc(Br)c(Br)s3)ccc2N1. The second-order valence-corrected chi connectivity index (χ2v) is 7.92. The first-order valence-electron chi connectivity index (χ1n) is 6.22. The Labute approximate surface area is 138 Å². The van der Waals surface area contributed by atoms with E-state index in [1.54, 1.807) is 11.3 Å². The van der Waals surface area contributed by atoms with Gasteiger partial charge in [-0.2, -0.15) is 0 Å². The van der Waals surface area contributed by atoms with Gasteiger partial charge in [0.2, 0.25) is 5.91 Å². The Balaban J connectivity index is 1.70. The summed E-state index contributed by atoms with van der Waals surface area (Å²) in [6.07, 6.45) is 1.38. The molecule has 1 aromatic heterocycles. The molecule has 20 heavy (non-hydrogen) atoms. The van der Waals surface area contributed by atoms with Crippen molar-refractivity contribution in [1.82, 2.24) is 0 Å². The van der Waals surface area contributed by atoms with Crippen LogP contribution >= 0.6 is 43.2 Å². The molecule has 0 bridgehead atoms. The number of anilines is 2. The molecule has 0 unspecified atom stereocenters. The highest BCUT2D eigenvalue weighted by Gasteiger charge is 2.14. The van der Waals surface area contributed by atoms with Gasteiger partial charge in [0.15, 0.2) is 0 Å². The molecule has 0 fully saturated rings. The van der Waals surface area contributed by atoms with Crippen LogP contribution in [0.2, 0.25) is 0 Å². The van der Waals surface area contributed by atoms with Gasteiger partial charge >= 0.3 is 0 Å². The summed E-state index contributed by atoms with van der Waals surface area (Å²) in [5.74, 6) is 0.103. The lowest BCUT2D eigenvalue weighted by atomic mass is 10.0. The fourth-order valence-electron chi connectivity index (χ4n) is 2.16. The molecule has 1 aliphatic heterocycles. The third-order valence-corrected chi connectivity index (χ3v) is 6.42. The van der Waals surface area contributed by atoms with Crippen LogP contribution in [0.4, 0.5) is 11.4 Å². The molecule has 0 saturated carbocycles. The number of aryl methyl sites for hydroxylation is 1. The Hall–Kier alpha value is -0.850. The van der Waals surface area contributed by atoms with Crippen LogP contribution < -0.4 is 10.6 Å². The van der Waals surface area contributed by atoms with E-state index >= 15 is 0 Å². The van der Waals surface area contributed by atoms with Gasteiger partial charge in [0, 0.05) is 33.7 Å². The number of carbonyl (C=O) groups excluding carboxylic acids is 1. The third-order valence-electron chi connectivity index (χ3n) is 3.16. The number of fused-ring (bicyclic) bond motifs is 1. The second kappa shape index (κ2) is 5.87. The Bertz CT molecular complexity index is 650. The summed E-state index contributed by atoms with van der Waals surface area (Å²) in [7, 11) is 0. The largest absolute Gasteiger partial charge is 0.380 e. The predicted octanol–water partition coefficient (Wildman–Crippen LogP) is 4.77. The first kappa shape index (κ1) is 14.1. The number of amides is 1. The summed E-state index contributed by atoms with van der Waals surface area (Å²) < 4.78 is 2.20. The molecule has 1 aliphatic rings. The van der Waals surface area contributed by atoms with Crippen molar-refractivity contribution in [3.05, 3.63) is 43.0 Å². The molecule has 2 heterocycles. The average Bonchev–Trinajstić information content (AvgIpc) is 2.75. The summed E-state index contributed by atoms with van der Waals surface area (Å²) in [5.41, 5.74) is 3.22. The quantitative estimate of drug-likeness (QED) is 0.757. The van der Waals surface area contributed by atoms with E-state index in [-0.39, 0.29) is 5.91 Å². The van der Waals surface area contributed by atoms with Crippen LogP contribution in [0.3, 0.4) is 0 Å². The monoisotopic (exact) mass is 414 g/mol. The maximum absolute atomic E-state index is 11.3. The van der Waals surface area contributed by atoms with Crippen molar-refractivity contribution in [2.75, 3.05) is 10.6 Å². The van der Waals surface area contributed by atoms with Gasteiger partial charge in [0.1, 0.15) is 0 Å². The van der Waals surface area contributed by atoms with E-state index in [9.17, 15) is 4.79 Å². The van der Waals surface area contributed by atoms with Gasteiger partial charge in [-0.3, -0.25) is 4.79 Å². The first-order chi connectivity index (χ1) is 9.61. The van der Waals surface area contributed by atoms with E-state index < -0.39 is 0 Å². The van der Waals surface area contributed by atoms with Crippen molar-refractivity contribution in [3.63, 3.8) is 0 Å². The fourth-order valence-corrected chi connectivity index (χ4v) is 4.28. The lowest BCUT2D eigenvalue weighted by Gasteiger charge is -2.17. The van der Waals surface area contributed by atoms with Gasteiger partial charge in [-0.1, -0.05) is 0 Å². The lowest BCUT2D eigenvalue weighted by molar-refractivity contribution is -0.116. The highest BCUT2D eigenvalue weighted by atomic mass is 79.9. The zero-order valence-corrected chi connectivity index (χ0v) is 14.5. The summed E-state index contributed by atoms with van der Waals surface area (Å²) in [6, 6.07) is 8.20. The molecule has 0 spiro atoms. The van der Waals surface area contributed by atoms with Crippen molar-refractivity contribution in [2.24, 2.45) is 0 Å². The van der Waals surface area contributed by atoms with E-state index in [2.05, 4.69) is 54.6 Å². The molecule has 0 atom stereocenters. The zero-order valence-electron chi connectivity index (χ0n) is 10.5. The Morgan fingerprint density at radius 1 is 1.25 bits per heavy atom. The van der Waals surface area contributed by atoms with E-state index in [4.69, 9.17) is 0 Å². The van der Waals surface area contributed by atoms with Crippen LogP contribution in [0, 0.1) is 0 Å². The van der Waals surface area contributed by atoms with E-state index in [0.29, 0.717) is 6.42 Å². The molecule has 2 N–H and O–H groups in total. The molecule has 6 heteroatoms. The van der Waals surface area contributed by atoms with Crippen LogP contribution in [0.1, 0.15) is 16.9 Å². The fraction of sp³-hybridized carbons (Fsp3) is 0.214. The number of benzene rings is 1. The minimum Gasteiger partial charge on any atom is -0.380 e. The summed E-state index contributed by atoms with van der Waals surface area (Å²) in [5, 5.41) is 6.31. The number of nitrogens with one attached hydrogen (secondary N) is 2. The summed E-state index contributed by atoms with van der Waals surface area (Å²) in [4.78, 5) is 12.6. The zero-order chi connectivity index (χ0) is 14.1. The van der Waals surface area contributed by atoms with Crippen molar-refractivity contribution < 1.29 is 4.79 Å². The molecule has 0 aliphatic carbocycles. The smallest absolute Gasteiger partial charge is 0.224 e. The predicted molar refractivity (Wildman–Crippen MR) is 90.4 cm³/mol. The number of rotatable bonds is 3. The normalized spacial score (nSPS) is 13.8. The molecular weight excluding hydrogens is 404 g/mol. The van der Waals surface area contributed by atoms with Gasteiger partial charge in [-0.15, -0.1) is 11.3 Å². The lowest BCUT2D eigenvalue weighted by Crippen LogP contribution is -2.18. The van der Waals surface area contributed by atoms with E-state index in [1.807, 2.05) is 12.1 Å². The van der Waals surface area contributed by atoms with Gasteiger partial charge in [0.25, 0.3) is 0 Å². The molecule has 1 aromatic carbocycles. The van der Waals surface area contributed by atoms with Crippen LogP contribution in [-0.4, -0.2) is 5.91 Å². The van der Waals surface area contributed by atoms with Crippen molar-refractivity contribution in [3.8, 4) is 0 Å². The molecule has 1 amide bonds. The molecular formula is C14H12Br2N2OS. The minimum absolute atomic E-state index is 0.103. The van der Waals surface area contributed by atoms with Gasteiger partial charge in [-0.05, 0) is 68.1 Å². The van der Waals surface area contributed by atoms with Gasteiger partial charge < -0.3 is 10.6 Å². The number of halogens is 2. The second-order valence-electron chi connectivity index (χ2n) is 4.61. The average molecular weight is 416 g/mol. The Morgan fingerprint density at radius 2 is 2.10 bits per heavy atom. The summed E-state index contributed by atoms with van der Waals surface area (Å²) in [6.45, 7) is 0.792. The minimum atomic E-state index is 0.103. The molecule has 3 nitrogen and oxygen atoms in total. The number of carbonyl (C=O) groups is 1. The van der Waals surface area contributed by atoms with E-state index in [0.717, 1.165) is 32.6 Å². The molecule has 2 aromatic rings. The van der Waals surface area contributed by atoms with Crippen LogP contribution in [0.15, 0.2) is 32.5 Å². The Kier molecular flexibility index (Phi) is 4.14. The highest BCUT2D eigenvalue weighted by molar-refractivity contribution is 9.13. The van der Waals surface area contributed by atoms with Crippen LogP contribution in [-0.2, 0) is 17.8 Å². The van der Waals surface area contributed by atoms with Crippen molar-refractivity contribution >= 4 is 60.5 Å². The molecule has 3 rings (SSSR count). The number of thiophene rings is 1. The van der Waals surface area contributed by atoms with Crippen molar-refractivity contribution in [2.45, 2.75) is 19.4 Å². The number of hydrogen-bond donors (Lipinski definition) is 2. The topological polar surface area (TPSA) is 41.1 Å².